The number of nitrogens with one attached hydrogen (secondary N) is 1. The third-order valence-corrected chi connectivity index (χ3v) is 2.86. The van der Waals surface area contributed by atoms with Crippen molar-refractivity contribution >= 4 is 11.6 Å². The highest BCUT2D eigenvalue weighted by Gasteiger charge is 2.13. The number of aromatic nitrogens is 1. The Labute approximate surface area is 101 Å². The van der Waals surface area contributed by atoms with Gasteiger partial charge in [-0.1, -0.05) is 0 Å². The van der Waals surface area contributed by atoms with Crippen LogP contribution >= 0.6 is 0 Å². The molecule has 5 nitrogen and oxygen atoms in total. The van der Waals surface area contributed by atoms with E-state index in [2.05, 4.69) is 15.2 Å². The van der Waals surface area contributed by atoms with Crippen LogP contribution in [0.5, 0.6) is 0 Å². The zero-order chi connectivity index (χ0) is 12.1. The SMILES string of the molecule is Nc1cc(CC(=O)CN2CCNCC2)ccn1. The molecule has 92 valence electrons. The van der Waals surface area contributed by atoms with Gasteiger partial charge in [0.25, 0.3) is 0 Å². The quantitative estimate of drug-likeness (QED) is 0.747. The number of nitrogens with zero attached hydrogens (tertiary/aromatic N) is 2. The van der Waals surface area contributed by atoms with Gasteiger partial charge in [-0.05, 0) is 17.7 Å². The van der Waals surface area contributed by atoms with Gasteiger partial charge in [0.05, 0.1) is 6.54 Å². The van der Waals surface area contributed by atoms with Crippen molar-refractivity contribution in [1.29, 1.82) is 0 Å². The molecule has 5 heteroatoms. The molecule has 1 saturated heterocycles. The molecule has 0 aromatic carbocycles. The second-order valence-corrected chi connectivity index (χ2v) is 4.33. The van der Waals surface area contributed by atoms with Crippen molar-refractivity contribution in [2.45, 2.75) is 6.42 Å². The topological polar surface area (TPSA) is 71.2 Å². The summed E-state index contributed by atoms with van der Waals surface area (Å²) >= 11 is 0. The lowest BCUT2D eigenvalue weighted by Gasteiger charge is -2.26. The van der Waals surface area contributed by atoms with E-state index in [1.807, 2.05) is 6.07 Å². The summed E-state index contributed by atoms with van der Waals surface area (Å²) in [6.07, 6.45) is 2.08. The van der Waals surface area contributed by atoms with E-state index in [0.29, 0.717) is 18.8 Å². The minimum Gasteiger partial charge on any atom is -0.384 e. The number of hydrogen-bond donors (Lipinski definition) is 2. The highest BCUT2D eigenvalue weighted by Crippen LogP contribution is 2.05. The number of piperazine rings is 1. The van der Waals surface area contributed by atoms with Crippen LogP contribution in [0.3, 0.4) is 0 Å². The summed E-state index contributed by atoms with van der Waals surface area (Å²) in [5.41, 5.74) is 6.52. The van der Waals surface area contributed by atoms with E-state index in [9.17, 15) is 4.79 Å². The molecule has 0 aliphatic carbocycles. The van der Waals surface area contributed by atoms with Crippen molar-refractivity contribution in [3.63, 3.8) is 0 Å². The van der Waals surface area contributed by atoms with E-state index in [1.165, 1.54) is 0 Å². The van der Waals surface area contributed by atoms with Gasteiger partial charge in [-0.25, -0.2) is 4.98 Å². The molecular formula is C12H18N4O. The number of rotatable bonds is 4. The standard InChI is InChI=1S/C12H18N4O/c13-12-8-10(1-2-15-12)7-11(17)9-16-5-3-14-4-6-16/h1-2,8,14H,3-7,9H2,(H2,13,15). The minimum atomic E-state index is 0.234. The van der Waals surface area contributed by atoms with Crippen LogP contribution in [0.4, 0.5) is 5.82 Å². The van der Waals surface area contributed by atoms with Gasteiger partial charge in [0.15, 0.2) is 5.78 Å². The zero-order valence-electron chi connectivity index (χ0n) is 9.85. The maximum absolute atomic E-state index is 11.9. The van der Waals surface area contributed by atoms with E-state index in [1.54, 1.807) is 12.3 Å². The Hall–Kier alpha value is -1.46. The van der Waals surface area contributed by atoms with Crippen molar-refractivity contribution in [2.24, 2.45) is 0 Å². The number of nitrogen functional groups attached to an aromatic ring is 1. The van der Waals surface area contributed by atoms with Crippen LogP contribution in [-0.4, -0.2) is 48.4 Å². The van der Waals surface area contributed by atoms with Gasteiger partial charge in [0.2, 0.25) is 0 Å². The molecule has 0 bridgehead atoms. The van der Waals surface area contributed by atoms with Crippen LogP contribution < -0.4 is 11.1 Å². The van der Waals surface area contributed by atoms with Crippen molar-refractivity contribution in [3.8, 4) is 0 Å². The summed E-state index contributed by atoms with van der Waals surface area (Å²) in [4.78, 5) is 18.0. The summed E-state index contributed by atoms with van der Waals surface area (Å²) < 4.78 is 0. The third-order valence-electron chi connectivity index (χ3n) is 2.86. The summed E-state index contributed by atoms with van der Waals surface area (Å²) in [7, 11) is 0. The molecule has 1 aliphatic rings. The Morgan fingerprint density at radius 1 is 1.47 bits per heavy atom. The third kappa shape index (κ3) is 3.80. The molecule has 0 atom stereocenters. The molecule has 0 unspecified atom stereocenters. The molecule has 1 aromatic rings. The van der Waals surface area contributed by atoms with Crippen LogP contribution in [-0.2, 0) is 11.2 Å². The van der Waals surface area contributed by atoms with Crippen molar-refractivity contribution < 1.29 is 4.79 Å². The second-order valence-electron chi connectivity index (χ2n) is 4.33. The van der Waals surface area contributed by atoms with Crippen LogP contribution in [0.2, 0.25) is 0 Å². The fourth-order valence-corrected chi connectivity index (χ4v) is 2.01. The largest absolute Gasteiger partial charge is 0.384 e. The van der Waals surface area contributed by atoms with Crippen LogP contribution in [0.15, 0.2) is 18.3 Å². The summed E-state index contributed by atoms with van der Waals surface area (Å²) in [6, 6.07) is 3.60. The van der Waals surface area contributed by atoms with Gasteiger partial charge < -0.3 is 11.1 Å². The Balaban J connectivity index is 1.84. The molecule has 0 saturated carbocycles. The van der Waals surface area contributed by atoms with Crippen molar-refractivity contribution in [1.82, 2.24) is 15.2 Å². The molecule has 2 rings (SSSR count). The molecule has 0 spiro atoms. The van der Waals surface area contributed by atoms with Gasteiger partial charge in [-0.3, -0.25) is 9.69 Å². The summed E-state index contributed by atoms with van der Waals surface area (Å²) in [5, 5.41) is 3.27. The lowest BCUT2D eigenvalue weighted by molar-refractivity contribution is -0.119. The molecule has 1 aromatic heterocycles. The average molecular weight is 234 g/mol. The fourth-order valence-electron chi connectivity index (χ4n) is 2.01. The monoisotopic (exact) mass is 234 g/mol. The number of pyridine rings is 1. The fraction of sp³-hybridized carbons (Fsp3) is 0.500. The number of carbonyl (C=O) groups excluding carboxylic acids is 1. The molecule has 1 aliphatic heterocycles. The first-order chi connectivity index (χ1) is 8.24. The molecule has 0 radical (unpaired) electrons. The number of hydrogen-bond acceptors (Lipinski definition) is 5. The first-order valence-corrected chi connectivity index (χ1v) is 5.89. The van der Waals surface area contributed by atoms with Gasteiger partial charge in [0.1, 0.15) is 5.82 Å². The molecule has 17 heavy (non-hydrogen) atoms. The average Bonchev–Trinajstić information content (AvgIpc) is 2.30. The second kappa shape index (κ2) is 5.75. The lowest BCUT2D eigenvalue weighted by atomic mass is 10.1. The molecular weight excluding hydrogens is 216 g/mol. The molecule has 0 amide bonds. The van der Waals surface area contributed by atoms with Crippen LogP contribution in [0, 0.1) is 0 Å². The first-order valence-electron chi connectivity index (χ1n) is 5.89. The summed E-state index contributed by atoms with van der Waals surface area (Å²) in [5.74, 6) is 0.704. The van der Waals surface area contributed by atoms with Crippen LogP contribution in [0.1, 0.15) is 5.56 Å². The van der Waals surface area contributed by atoms with Crippen molar-refractivity contribution in [3.05, 3.63) is 23.9 Å². The van der Waals surface area contributed by atoms with Crippen molar-refractivity contribution in [2.75, 3.05) is 38.5 Å². The maximum atomic E-state index is 11.9. The minimum absolute atomic E-state index is 0.234. The predicted molar refractivity (Wildman–Crippen MR) is 66.7 cm³/mol. The molecule has 1 fully saturated rings. The smallest absolute Gasteiger partial charge is 0.151 e. The van der Waals surface area contributed by atoms with E-state index < -0.39 is 0 Å². The van der Waals surface area contributed by atoms with E-state index in [4.69, 9.17) is 5.73 Å². The summed E-state index contributed by atoms with van der Waals surface area (Å²) in [6.45, 7) is 4.36. The Kier molecular flexibility index (Phi) is 4.06. The highest BCUT2D eigenvalue weighted by atomic mass is 16.1. The maximum Gasteiger partial charge on any atom is 0.151 e. The van der Waals surface area contributed by atoms with E-state index >= 15 is 0 Å². The van der Waals surface area contributed by atoms with Gasteiger partial charge >= 0.3 is 0 Å². The molecule has 2 heterocycles. The Morgan fingerprint density at radius 2 is 2.24 bits per heavy atom. The predicted octanol–water partition coefficient (Wildman–Crippen LogP) is -0.319. The number of ketones is 1. The van der Waals surface area contributed by atoms with E-state index in [-0.39, 0.29) is 5.78 Å². The lowest BCUT2D eigenvalue weighted by Crippen LogP contribution is -2.45. The molecule has 3 N–H and O–H groups in total. The normalized spacial score (nSPS) is 16.9. The number of Topliss-reactive ketones (excluding diaryl/α,β-unsaturated/α-hetero) is 1. The van der Waals surface area contributed by atoms with Gasteiger partial charge in [0, 0.05) is 38.8 Å². The Morgan fingerprint density at radius 3 is 2.94 bits per heavy atom. The number of nitrogens with two attached hydrogens (primary N) is 1. The number of carbonyl (C=O) groups is 1. The van der Waals surface area contributed by atoms with Gasteiger partial charge in [-0.2, -0.15) is 0 Å². The zero-order valence-corrected chi connectivity index (χ0v) is 9.85. The Bertz CT molecular complexity index is 388. The number of anilines is 1. The van der Waals surface area contributed by atoms with E-state index in [0.717, 1.165) is 31.7 Å². The van der Waals surface area contributed by atoms with Gasteiger partial charge in [-0.15, -0.1) is 0 Å². The first kappa shape index (κ1) is 12.0. The highest BCUT2D eigenvalue weighted by molar-refractivity contribution is 5.82. The van der Waals surface area contributed by atoms with Crippen LogP contribution in [0.25, 0.3) is 0 Å².